The van der Waals surface area contributed by atoms with E-state index in [9.17, 15) is 9.59 Å². The predicted octanol–water partition coefficient (Wildman–Crippen LogP) is 5.31. The molecule has 0 saturated carbocycles. The largest absolute Gasteiger partial charge is 0.493 e. The van der Waals surface area contributed by atoms with Gasteiger partial charge >= 0.3 is 0 Å². The Morgan fingerprint density at radius 1 is 1.06 bits per heavy atom. The van der Waals surface area contributed by atoms with E-state index in [0.717, 1.165) is 17.7 Å². The number of nitrogens with zero attached hydrogens (tertiary/aromatic N) is 1. The van der Waals surface area contributed by atoms with Gasteiger partial charge in [-0.15, -0.1) is 0 Å². The molecule has 0 bridgehead atoms. The van der Waals surface area contributed by atoms with Crippen molar-refractivity contribution >= 4 is 34.8 Å². The fourth-order valence-electron chi connectivity index (χ4n) is 3.55. The van der Waals surface area contributed by atoms with Gasteiger partial charge in [-0.05, 0) is 60.5 Å². The van der Waals surface area contributed by atoms with Gasteiger partial charge < -0.3 is 19.7 Å². The first-order valence-corrected chi connectivity index (χ1v) is 10.7. The van der Waals surface area contributed by atoms with Crippen LogP contribution in [0, 0.1) is 0 Å². The lowest BCUT2D eigenvalue weighted by molar-refractivity contribution is -0.117. The number of anilines is 2. The Labute approximate surface area is 191 Å². The summed E-state index contributed by atoms with van der Waals surface area (Å²) in [6.45, 7) is 1.05. The highest BCUT2D eigenvalue weighted by Crippen LogP contribution is 2.30. The second-order valence-corrected chi connectivity index (χ2v) is 7.87. The minimum Gasteiger partial charge on any atom is -0.493 e. The van der Waals surface area contributed by atoms with Crippen molar-refractivity contribution in [3.8, 4) is 11.5 Å². The van der Waals surface area contributed by atoms with Gasteiger partial charge in [0.05, 0.1) is 7.11 Å². The van der Waals surface area contributed by atoms with Crippen LogP contribution in [-0.4, -0.2) is 25.5 Å². The second kappa shape index (κ2) is 9.75. The summed E-state index contributed by atoms with van der Waals surface area (Å²) < 4.78 is 11.3. The Hall–Kier alpha value is -3.51. The van der Waals surface area contributed by atoms with Crippen molar-refractivity contribution in [2.24, 2.45) is 0 Å². The van der Waals surface area contributed by atoms with E-state index in [1.807, 2.05) is 30.3 Å². The minimum atomic E-state index is -0.280. The molecule has 7 heteroatoms. The molecule has 0 radical (unpaired) electrons. The normalized spacial score (nSPS) is 13.2. The third kappa shape index (κ3) is 5.03. The molecule has 0 unspecified atom stereocenters. The maximum atomic E-state index is 12.8. The number of hydrogen-bond acceptors (Lipinski definition) is 4. The summed E-state index contributed by atoms with van der Waals surface area (Å²) in [6.07, 6.45) is 1.41. The fraction of sp³-hybridized carbons (Fsp3) is 0.200. The smallest absolute Gasteiger partial charge is 0.255 e. The molecule has 1 fully saturated rings. The summed E-state index contributed by atoms with van der Waals surface area (Å²) >= 11 is 5.91. The van der Waals surface area contributed by atoms with Crippen molar-refractivity contribution in [2.75, 3.05) is 23.9 Å². The molecule has 0 atom stereocenters. The number of methoxy groups -OCH3 is 1. The lowest BCUT2D eigenvalue weighted by atomic mass is 10.1. The van der Waals surface area contributed by atoms with Crippen molar-refractivity contribution < 1.29 is 19.1 Å². The van der Waals surface area contributed by atoms with Crippen LogP contribution >= 0.6 is 11.6 Å². The molecule has 0 spiro atoms. The maximum absolute atomic E-state index is 12.8. The van der Waals surface area contributed by atoms with Gasteiger partial charge in [-0.25, -0.2) is 0 Å². The second-order valence-electron chi connectivity index (χ2n) is 7.43. The minimum absolute atomic E-state index is 0.104. The first kappa shape index (κ1) is 21.7. The first-order chi connectivity index (χ1) is 15.5. The van der Waals surface area contributed by atoms with Crippen molar-refractivity contribution in [3.05, 3.63) is 82.9 Å². The molecule has 1 saturated heterocycles. The number of ether oxygens (including phenoxy) is 2. The third-order valence-corrected chi connectivity index (χ3v) is 5.47. The topological polar surface area (TPSA) is 67.9 Å². The van der Waals surface area contributed by atoms with E-state index < -0.39 is 0 Å². The molecule has 32 heavy (non-hydrogen) atoms. The fourth-order valence-corrected chi connectivity index (χ4v) is 3.67. The van der Waals surface area contributed by atoms with Crippen molar-refractivity contribution in [2.45, 2.75) is 19.4 Å². The van der Waals surface area contributed by atoms with Crippen molar-refractivity contribution in [1.82, 2.24) is 0 Å². The average molecular weight is 451 g/mol. The summed E-state index contributed by atoms with van der Waals surface area (Å²) in [5.41, 5.74) is 2.81. The van der Waals surface area contributed by atoms with E-state index in [1.54, 1.807) is 41.3 Å². The maximum Gasteiger partial charge on any atom is 0.255 e. The zero-order valence-electron chi connectivity index (χ0n) is 17.6. The van der Waals surface area contributed by atoms with Crippen LogP contribution in [0.1, 0.15) is 28.8 Å². The monoisotopic (exact) mass is 450 g/mol. The zero-order valence-corrected chi connectivity index (χ0v) is 18.4. The number of hydrogen-bond donors (Lipinski definition) is 1. The Morgan fingerprint density at radius 3 is 2.59 bits per heavy atom. The number of amides is 2. The lowest BCUT2D eigenvalue weighted by Crippen LogP contribution is -2.23. The Balaban J connectivity index is 1.44. The van der Waals surface area contributed by atoms with Crippen molar-refractivity contribution in [3.63, 3.8) is 0 Å². The summed E-state index contributed by atoms with van der Waals surface area (Å²) in [7, 11) is 1.53. The van der Waals surface area contributed by atoms with Gasteiger partial charge in [-0.1, -0.05) is 29.8 Å². The standard InChI is InChI=1S/C25H23ClN2O4/c1-31-23-14-18(9-12-22(23)32-16-17-7-10-19(26)11-8-17)25(30)27-20-4-2-5-21(15-20)28-13-3-6-24(28)29/h2,4-5,7-12,14-15H,3,6,13,16H2,1H3,(H,27,30). The van der Waals surface area contributed by atoms with Crippen molar-refractivity contribution in [1.29, 1.82) is 0 Å². The molecule has 2 amide bonds. The molecule has 3 aromatic carbocycles. The number of benzene rings is 3. The molecule has 1 aliphatic rings. The van der Waals surface area contributed by atoms with Gasteiger partial charge in [0.1, 0.15) is 6.61 Å². The molecular formula is C25H23ClN2O4. The molecule has 164 valence electrons. The quantitative estimate of drug-likeness (QED) is 0.530. The molecule has 6 nitrogen and oxygen atoms in total. The van der Waals surface area contributed by atoms with E-state index in [-0.39, 0.29) is 11.8 Å². The van der Waals surface area contributed by atoms with Crippen LogP contribution in [0.15, 0.2) is 66.7 Å². The first-order valence-electron chi connectivity index (χ1n) is 10.3. The average Bonchev–Trinajstić information content (AvgIpc) is 3.24. The van der Waals surface area contributed by atoms with E-state index in [0.29, 0.717) is 47.3 Å². The van der Waals surface area contributed by atoms with E-state index >= 15 is 0 Å². The Bertz CT molecular complexity index is 1130. The number of carbonyl (C=O) groups excluding carboxylic acids is 2. The molecule has 1 N–H and O–H groups in total. The molecular weight excluding hydrogens is 428 g/mol. The van der Waals surface area contributed by atoms with Gasteiger partial charge in [-0.3, -0.25) is 9.59 Å². The van der Waals surface area contributed by atoms with Gasteiger partial charge in [-0.2, -0.15) is 0 Å². The van der Waals surface area contributed by atoms with Crippen LogP contribution < -0.4 is 19.7 Å². The highest BCUT2D eigenvalue weighted by Gasteiger charge is 2.22. The SMILES string of the molecule is COc1cc(C(=O)Nc2cccc(N3CCCC3=O)c2)ccc1OCc1ccc(Cl)cc1. The van der Waals surface area contributed by atoms with Crippen LogP contribution in [0.5, 0.6) is 11.5 Å². The summed E-state index contributed by atoms with van der Waals surface area (Å²) in [4.78, 5) is 26.5. The van der Waals surface area contributed by atoms with Crippen LogP contribution in [0.25, 0.3) is 0 Å². The Morgan fingerprint density at radius 2 is 1.88 bits per heavy atom. The molecule has 0 aromatic heterocycles. The van der Waals surface area contributed by atoms with Crippen LogP contribution in [0.3, 0.4) is 0 Å². The van der Waals surface area contributed by atoms with Crippen LogP contribution in [0.2, 0.25) is 5.02 Å². The highest BCUT2D eigenvalue weighted by molar-refractivity contribution is 6.30. The summed E-state index contributed by atoms with van der Waals surface area (Å²) in [5.74, 6) is 0.821. The predicted molar refractivity (Wildman–Crippen MR) is 125 cm³/mol. The summed E-state index contributed by atoms with van der Waals surface area (Å²) in [6, 6.07) is 19.7. The number of halogens is 1. The van der Waals surface area contributed by atoms with Crippen LogP contribution in [-0.2, 0) is 11.4 Å². The summed E-state index contributed by atoms with van der Waals surface area (Å²) in [5, 5.41) is 3.55. The molecule has 1 aliphatic heterocycles. The van der Waals surface area contributed by atoms with E-state index in [2.05, 4.69) is 5.32 Å². The molecule has 4 rings (SSSR count). The van der Waals surface area contributed by atoms with Gasteiger partial charge in [0, 0.05) is 34.9 Å². The van der Waals surface area contributed by atoms with E-state index in [4.69, 9.17) is 21.1 Å². The molecule has 1 heterocycles. The lowest BCUT2D eigenvalue weighted by Gasteiger charge is -2.17. The zero-order chi connectivity index (χ0) is 22.5. The van der Waals surface area contributed by atoms with Gasteiger partial charge in [0.2, 0.25) is 5.91 Å². The van der Waals surface area contributed by atoms with E-state index in [1.165, 1.54) is 7.11 Å². The molecule has 0 aliphatic carbocycles. The van der Waals surface area contributed by atoms with Gasteiger partial charge in [0.25, 0.3) is 5.91 Å². The number of nitrogens with one attached hydrogen (secondary N) is 1. The van der Waals surface area contributed by atoms with Crippen LogP contribution in [0.4, 0.5) is 11.4 Å². The van der Waals surface area contributed by atoms with Gasteiger partial charge in [0.15, 0.2) is 11.5 Å². The molecule has 3 aromatic rings. The Kier molecular flexibility index (Phi) is 6.61. The number of rotatable bonds is 7. The highest BCUT2D eigenvalue weighted by atomic mass is 35.5. The number of carbonyl (C=O) groups is 2. The third-order valence-electron chi connectivity index (χ3n) is 5.22.